The van der Waals surface area contributed by atoms with Gasteiger partial charge in [-0.25, -0.2) is 0 Å². The van der Waals surface area contributed by atoms with Gasteiger partial charge in [0.2, 0.25) is 0 Å². The van der Waals surface area contributed by atoms with Crippen molar-refractivity contribution in [2.75, 3.05) is 6.61 Å². The van der Waals surface area contributed by atoms with E-state index in [4.69, 9.17) is 4.74 Å². The van der Waals surface area contributed by atoms with E-state index in [1.54, 1.807) is 0 Å². The van der Waals surface area contributed by atoms with E-state index in [1.165, 1.54) is 12.5 Å². The van der Waals surface area contributed by atoms with E-state index >= 15 is 0 Å². The Morgan fingerprint density at radius 3 is 2.62 bits per heavy atom. The van der Waals surface area contributed by atoms with Crippen LogP contribution < -0.4 is 0 Å². The monoisotopic (exact) mass is 130 g/mol. The van der Waals surface area contributed by atoms with Crippen molar-refractivity contribution in [3.05, 3.63) is 0 Å². The fraction of sp³-hybridized carbons (Fsp3) is 1.00. The molecule has 1 rings (SSSR count). The number of ether oxygens (including phenoxy) is 1. The summed E-state index contributed by atoms with van der Waals surface area (Å²) in [5.41, 5.74) is 0. The maximum absolute atomic E-state index is 5.08. The third-order valence-corrected chi connectivity index (χ3v) is 2.96. The summed E-state index contributed by atoms with van der Waals surface area (Å²) in [6.45, 7) is 5.83. The maximum atomic E-state index is 5.08. The first kappa shape index (κ1) is 6.30. The van der Waals surface area contributed by atoms with Gasteiger partial charge in [0.05, 0.1) is 12.7 Å². The maximum Gasteiger partial charge on any atom is 0.0807 e. The Labute approximate surface area is 52.6 Å². The highest BCUT2D eigenvalue weighted by atomic mass is 28.3. The molecule has 48 valence electrons. The summed E-state index contributed by atoms with van der Waals surface area (Å²) in [7, 11) is -0.267. The van der Waals surface area contributed by atoms with Gasteiger partial charge in [0.25, 0.3) is 0 Å². The molecule has 0 radical (unpaired) electrons. The summed E-state index contributed by atoms with van der Waals surface area (Å²) in [6, 6.07) is 1.46. The van der Waals surface area contributed by atoms with Gasteiger partial charge < -0.3 is 4.74 Å². The average Bonchev–Trinajstić information content (AvgIpc) is 2.41. The zero-order chi connectivity index (χ0) is 5.98. The lowest BCUT2D eigenvalue weighted by Crippen LogP contribution is -2.00. The van der Waals surface area contributed by atoms with Gasteiger partial charge in [-0.2, -0.15) is 0 Å². The molecule has 0 amide bonds. The van der Waals surface area contributed by atoms with Crippen molar-refractivity contribution in [2.24, 2.45) is 0 Å². The quantitative estimate of drug-likeness (QED) is 0.414. The normalized spacial score (nSPS) is 26.6. The topological polar surface area (TPSA) is 12.5 Å². The van der Waals surface area contributed by atoms with Gasteiger partial charge in [-0.3, -0.25) is 0 Å². The molecule has 0 N–H and O–H groups in total. The van der Waals surface area contributed by atoms with Gasteiger partial charge in [-0.15, -0.1) is 0 Å². The number of hydrogen-bond acceptors (Lipinski definition) is 1. The summed E-state index contributed by atoms with van der Waals surface area (Å²) in [5.74, 6) is 0. The highest BCUT2D eigenvalue weighted by Crippen LogP contribution is 2.16. The molecule has 1 heterocycles. The number of rotatable bonds is 3. The molecule has 0 aromatic carbocycles. The van der Waals surface area contributed by atoms with Crippen LogP contribution in [0, 0.1) is 0 Å². The minimum Gasteiger partial charge on any atom is -0.373 e. The lowest BCUT2D eigenvalue weighted by atomic mass is 10.4. The Morgan fingerprint density at radius 2 is 2.25 bits per heavy atom. The van der Waals surface area contributed by atoms with Crippen LogP contribution in [-0.2, 0) is 4.74 Å². The summed E-state index contributed by atoms with van der Waals surface area (Å²) < 4.78 is 5.08. The molecule has 0 aromatic rings. The van der Waals surface area contributed by atoms with Gasteiger partial charge in [0.1, 0.15) is 0 Å². The lowest BCUT2D eigenvalue weighted by Gasteiger charge is -1.97. The van der Waals surface area contributed by atoms with Crippen molar-refractivity contribution in [1.29, 1.82) is 0 Å². The molecule has 1 unspecified atom stereocenters. The van der Waals surface area contributed by atoms with Crippen molar-refractivity contribution in [3.8, 4) is 0 Å². The summed E-state index contributed by atoms with van der Waals surface area (Å²) in [5, 5.41) is 0. The first-order valence-electron chi connectivity index (χ1n) is 3.40. The number of epoxide rings is 1. The van der Waals surface area contributed by atoms with Crippen LogP contribution in [0.2, 0.25) is 19.1 Å². The van der Waals surface area contributed by atoms with E-state index < -0.39 is 0 Å². The van der Waals surface area contributed by atoms with Crippen molar-refractivity contribution in [1.82, 2.24) is 0 Å². The largest absolute Gasteiger partial charge is 0.373 e. The van der Waals surface area contributed by atoms with Crippen LogP contribution in [0.5, 0.6) is 0 Å². The second-order valence-corrected chi connectivity index (χ2v) is 6.29. The highest BCUT2D eigenvalue weighted by molar-refractivity contribution is 6.55. The first-order chi connectivity index (χ1) is 3.79. The van der Waals surface area contributed by atoms with Gasteiger partial charge in [-0.05, 0) is 6.42 Å². The molecule has 1 aliphatic rings. The molecular formula is C6H14OSi. The van der Waals surface area contributed by atoms with E-state index in [-0.39, 0.29) is 8.80 Å². The third-order valence-electron chi connectivity index (χ3n) is 1.47. The molecule has 1 saturated heterocycles. The van der Waals surface area contributed by atoms with Crippen molar-refractivity contribution in [3.63, 3.8) is 0 Å². The van der Waals surface area contributed by atoms with Crippen molar-refractivity contribution in [2.45, 2.75) is 31.7 Å². The van der Waals surface area contributed by atoms with Crippen LogP contribution >= 0.6 is 0 Å². The van der Waals surface area contributed by atoms with E-state index in [9.17, 15) is 0 Å². The molecule has 0 saturated carbocycles. The molecule has 1 nitrogen and oxygen atoms in total. The zero-order valence-electron chi connectivity index (χ0n) is 5.68. The fourth-order valence-electron chi connectivity index (χ4n) is 0.754. The van der Waals surface area contributed by atoms with Crippen LogP contribution in [0.25, 0.3) is 0 Å². The fourth-order valence-corrected chi connectivity index (χ4v) is 1.79. The molecule has 0 aromatic heterocycles. The molecule has 8 heavy (non-hydrogen) atoms. The number of hydrogen-bond donors (Lipinski definition) is 0. The van der Waals surface area contributed by atoms with Crippen LogP contribution in [-0.4, -0.2) is 21.5 Å². The summed E-state index contributed by atoms with van der Waals surface area (Å²) in [4.78, 5) is 0. The van der Waals surface area contributed by atoms with E-state index in [0.29, 0.717) is 6.10 Å². The SMILES string of the molecule is C[SiH](C)CCC1CO1. The van der Waals surface area contributed by atoms with E-state index in [1.807, 2.05) is 0 Å². The van der Waals surface area contributed by atoms with Crippen LogP contribution in [0.15, 0.2) is 0 Å². The average molecular weight is 130 g/mol. The Morgan fingerprint density at radius 1 is 1.62 bits per heavy atom. The molecular weight excluding hydrogens is 116 g/mol. The molecule has 1 aliphatic heterocycles. The summed E-state index contributed by atoms with van der Waals surface area (Å²) in [6.07, 6.45) is 2.01. The molecule has 0 spiro atoms. The molecule has 0 bridgehead atoms. The molecule has 1 fully saturated rings. The predicted octanol–water partition coefficient (Wildman–Crippen LogP) is 1.26. The van der Waals surface area contributed by atoms with Crippen LogP contribution in [0.3, 0.4) is 0 Å². The summed E-state index contributed by atoms with van der Waals surface area (Å²) >= 11 is 0. The van der Waals surface area contributed by atoms with Gasteiger partial charge in [0, 0.05) is 8.80 Å². The molecule has 0 aliphatic carbocycles. The Bertz CT molecular complexity index is 66.9. The molecule has 1 atom stereocenters. The van der Waals surface area contributed by atoms with E-state index in [2.05, 4.69) is 13.1 Å². The van der Waals surface area contributed by atoms with Gasteiger partial charge in [0.15, 0.2) is 0 Å². The highest BCUT2D eigenvalue weighted by Gasteiger charge is 2.21. The first-order valence-corrected chi connectivity index (χ1v) is 6.53. The van der Waals surface area contributed by atoms with Crippen LogP contribution in [0.4, 0.5) is 0 Å². The van der Waals surface area contributed by atoms with Crippen molar-refractivity contribution >= 4 is 8.80 Å². The lowest BCUT2D eigenvalue weighted by molar-refractivity contribution is 0.403. The second-order valence-electron chi connectivity index (χ2n) is 2.93. The Kier molecular flexibility index (Phi) is 2.08. The zero-order valence-corrected chi connectivity index (χ0v) is 6.84. The smallest absolute Gasteiger partial charge is 0.0807 e. The van der Waals surface area contributed by atoms with Gasteiger partial charge >= 0.3 is 0 Å². The minimum atomic E-state index is -0.267. The third kappa shape index (κ3) is 2.48. The van der Waals surface area contributed by atoms with Crippen LogP contribution in [0.1, 0.15) is 6.42 Å². The standard InChI is InChI=1S/C6H14OSi/c1-8(2)4-3-6-5-7-6/h6,8H,3-5H2,1-2H3. The second kappa shape index (κ2) is 2.64. The predicted molar refractivity (Wildman–Crippen MR) is 38.0 cm³/mol. The van der Waals surface area contributed by atoms with Gasteiger partial charge in [-0.1, -0.05) is 19.1 Å². The minimum absolute atomic E-state index is 0.267. The molecule has 2 heteroatoms. The Balaban J connectivity index is 1.87. The van der Waals surface area contributed by atoms with E-state index in [0.717, 1.165) is 6.61 Å². The Hall–Kier alpha value is 0.177. The van der Waals surface area contributed by atoms with Crippen molar-refractivity contribution < 1.29 is 4.74 Å².